The van der Waals surface area contributed by atoms with Crippen molar-refractivity contribution in [2.45, 2.75) is 63.9 Å². The summed E-state index contributed by atoms with van der Waals surface area (Å²) in [5, 5.41) is 4.22. The van der Waals surface area contributed by atoms with E-state index in [1.807, 2.05) is 6.92 Å². The molecule has 0 amide bonds. The average Bonchev–Trinajstić information content (AvgIpc) is 3.22. The fourth-order valence-electron chi connectivity index (χ4n) is 3.39. The van der Waals surface area contributed by atoms with Crippen LogP contribution < -0.4 is 5.73 Å². The number of nitrogens with zero attached hydrogens (tertiary/aromatic N) is 2. The first-order valence-electron chi connectivity index (χ1n) is 8.34. The zero-order valence-electron chi connectivity index (χ0n) is 13.2. The molecule has 5 nitrogen and oxygen atoms in total. The molecule has 1 aromatic heterocycles. The van der Waals surface area contributed by atoms with Gasteiger partial charge in [0.05, 0.1) is 5.41 Å². The molecular formula is C16H27N3O2. The standard InChI is InChI=1S/C16H27N3O2/c1-3-20-13(12-4-5-12)14-18-15(21-19-14)16(10-17)8-6-11(2)7-9-16/h11-13H,3-10,17H2,1-2H3. The molecule has 0 radical (unpaired) electrons. The molecule has 1 atom stereocenters. The highest BCUT2D eigenvalue weighted by Crippen LogP contribution is 2.44. The van der Waals surface area contributed by atoms with Gasteiger partial charge >= 0.3 is 0 Å². The lowest BCUT2D eigenvalue weighted by atomic mass is 9.71. The molecule has 118 valence electrons. The van der Waals surface area contributed by atoms with Gasteiger partial charge in [-0.3, -0.25) is 0 Å². The molecule has 0 spiro atoms. The van der Waals surface area contributed by atoms with Gasteiger partial charge in [0, 0.05) is 13.2 Å². The topological polar surface area (TPSA) is 74.2 Å². The van der Waals surface area contributed by atoms with Crippen molar-refractivity contribution >= 4 is 0 Å². The third-order valence-electron chi connectivity index (χ3n) is 5.17. The first kappa shape index (κ1) is 15.0. The Balaban J connectivity index is 1.79. The lowest BCUT2D eigenvalue weighted by Gasteiger charge is -2.35. The molecule has 2 fully saturated rings. The van der Waals surface area contributed by atoms with Gasteiger partial charge in [0.15, 0.2) is 0 Å². The summed E-state index contributed by atoms with van der Waals surface area (Å²) in [6, 6.07) is 0. The lowest BCUT2D eigenvalue weighted by molar-refractivity contribution is 0.0384. The zero-order chi connectivity index (χ0) is 14.9. The SMILES string of the molecule is CCOC(c1noc(C2(CN)CCC(C)CC2)n1)C1CC1. The number of hydrogen-bond donors (Lipinski definition) is 1. The molecule has 2 N–H and O–H groups in total. The molecule has 21 heavy (non-hydrogen) atoms. The smallest absolute Gasteiger partial charge is 0.234 e. The van der Waals surface area contributed by atoms with Crippen molar-refractivity contribution in [1.29, 1.82) is 0 Å². The van der Waals surface area contributed by atoms with Crippen LogP contribution in [0, 0.1) is 11.8 Å². The highest BCUT2D eigenvalue weighted by atomic mass is 16.5. The number of hydrogen-bond acceptors (Lipinski definition) is 5. The summed E-state index contributed by atoms with van der Waals surface area (Å²) < 4.78 is 11.4. The number of aromatic nitrogens is 2. The predicted molar refractivity (Wildman–Crippen MR) is 79.8 cm³/mol. The van der Waals surface area contributed by atoms with Crippen molar-refractivity contribution < 1.29 is 9.26 Å². The third kappa shape index (κ3) is 2.99. The summed E-state index contributed by atoms with van der Waals surface area (Å²) in [5.41, 5.74) is 5.96. The maximum Gasteiger partial charge on any atom is 0.234 e. The number of ether oxygens (including phenoxy) is 1. The molecule has 2 saturated carbocycles. The highest BCUT2D eigenvalue weighted by Gasteiger charge is 2.42. The first-order chi connectivity index (χ1) is 10.2. The Hall–Kier alpha value is -0.940. The van der Waals surface area contributed by atoms with Gasteiger partial charge in [-0.25, -0.2) is 0 Å². The summed E-state index contributed by atoms with van der Waals surface area (Å²) in [6.45, 7) is 5.59. The second-order valence-electron chi connectivity index (χ2n) is 6.84. The van der Waals surface area contributed by atoms with E-state index < -0.39 is 0 Å². The highest BCUT2D eigenvalue weighted by molar-refractivity contribution is 5.10. The van der Waals surface area contributed by atoms with Crippen LogP contribution in [0.5, 0.6) is 0 Å². The van der Waals surface area contributed by atoms with Gasteiger partial charge in [0.25, 0.3) is 0 Å². The van der Waals surface area contributed by atoms with Gasteiger partial charge in [-0.15, -0.1) is 0 Å². The predicted octanol–water partition coefficient (Wildman–Crippen LogP) is 2.96. The minimum atomic E-state index is -0.113. The quantitative estimate of drug-likeness (QED) is 0.872. The molecule has 5 heteroatoms. The van der Waals surface area contributed by atoms with Gasteiger partial charge < -0.3 is 15.0 Å². The molecule has 1 aromatic rings. The van der Waals surface area contributed by atoms with E-state index in [1.54, 1.807) is 0 Å². The van der Waals surface area contributed by atoms with Crippen molar-refractivity contribution in [3.05, 3.63) is 11.7 Å². The Morgan fingerprint density at radius 1 is 1.33 bits per heavy atom. The minimum absolute atomic E-state index is 0.00448. The van der Waals surface area contributed by atoms with Crippen LogP contribution in [0.4, 0.5) is 0 Å². The normalized spacial score (nSPS) is 31.3. The summed E-state index contributed by atoms with van der Waals surface area (Å²) >= 11 is 0. The summed E-state index contributed by atoms with van der Waals surface area (Å²) in [7, 11) is 0. The van der Waals surface area contributed by atoms with Crippen LogP contribution in [0.15, 0.2) is 4.52 Å². The van der Waals surface area contributed by atoms with E-state index >= 15 is 0 Å². The Morgan fingerprint density at radius 2 is 2.05 bits per heavy atom. The summed E-state index contributed by atoms with van der Waals surface area (Å²) in [6.07, 6.45) is 6.88. The Labute approximate surface area is 126 Å². The molecule has 0 saturated heterocycles. The molecule has 1 unspecified atom stereocenters. The molecule has 0 aliphatic heterocycles. The summed E-state index contributed by atoms with van der Waals surface area (Å²) in [5.74, 6) is 2.79. The maximum atomic E-state index is 6.07. The van der Waals surface area contributed by atoms with Crippen molar-refractivity contribution in [3.63, 3.8) is 0 Å². The Morgan fingerprint density at radius 3 is 2.62 bits per heavy atom. The average molecular weight is 293 g/mol. The van der Waals surface area contributed by atoms with Gasteiger partial charge in [0.2, 0.25) is 11.7 Å². The van der Waals surface area contributed by atoms with Crippen LogP contribution in [0.2, 0.25) is 0 Å². The number of nitrogens with two attached hydrogens (primary N) is 1. The van der Waals surface area contributed by atoms with Crippen LogP contribution in [0.3, 0.4) is 0 Å². The third-order valence-corrected chi connectivity index (χ3v) is 5.17. The van der Waals surface area contributed by atoms with Crippen molar-refractivity contribution in [2.24, 2.45) is 17.6 Å². The van der Waals surface area contributed by atoms with E-state index in [2.05, 4.69) is 12.1 Å². The van der Waals surface area contributed by atoms with Crippen LogP contribution >= 0.6 is 0 Å². The van der Waals surface area contributed by atoms with E-state index in [0.29, 0.717) is 19.1 Å². The fourth-order valence-corrected chi connectivity index (χ4v) is 3.39. The summed E-state index contributed by atoms with van der Waals surface area (Å²) in [4.78, 5) is 4.70. The van der Waals surface area contributed by atoms with Gasteiger partial charge in [-0.05, 0) is 57.3 Å². The largest absolute Gasteiger partial charge is 0.370 e. The van der Waals surface area contributed by atoms with Crippen LogP contribution in [-0.4, -0.2) is 23.3 Å². The minimum Gasteiger partial charge on any atom is -0.370 e. The molecule has 1 heterocycles. The monoisotopic (exact) mass is 293 g/mol. The van der Waals surface area contributed by atoms with Crippen molar-refractivity contribution in [2.75, 3.05) is 13.2 Å². The Kier molecular flexibility index (Phi) is 4.31. The second-order valence-corrected chi connectivity index (χ2v) is 6.84. The lowest BCUT2D eigenvalue weighted by Crippen LogP contribution is -2.39. The second kappa shape index (κ2) is 6.05. The molecule has 3 rings (SSSR count). The fraction of sp³-hybridized carbons (Fsp3) is 0.875. The van der Waals surface area contributed by atoms with Crippen LogP contribution in [0.1, 0.15) is 70.2 Å². The zero-order valence-corrected chi connectivity index (χ0v) is 13.2. The van der Waals surface area contributed by atoms with Crippen molar-refractivity contribution in [1.82, 2.24) is 10.1 Å². The molecule has 0 bridgehead atoms. The van der Waals surface area contributed by atoms with E-state index in [-0.39, 0.29) is 11.5 Å². The number of rotatable bonds is 6. The maximum absolute atomic E-state index is 6.07. The van der Waals surface area contributed by atoms with E-state index in [0.717, 1.165) is 30.5 Å². The van der Waals surface area contributed by atoms with Crippen LogP contribution in [0.25, 0.3) is 0 Å². The molecular weight excluding hydrogens is 266 g/mol. The van der Waals surface area contributed by atoms with Gasteiger partial charge in [-0.1, -0.05) is 12.1 Å². The first-order valence-corrected chi connectivity index (χ1v) is 8.34. The molecule has 0 aromatic carbocycles. The van der Waals surface area contributed by atoms with E-state index in [1.165, 1.54) is 25.7 Å². The van der Waals surface area contributed by atoms with Crippen LogP contribution in [-0.2, 0) is 10.2 Å². The van der Waals surface area contributed by atoms with Crippen molar-refractivity contribution in [3.8, 4) is 0 Å². The van der Waals surface area contributed by atoms with E-state index in [4.69, 9.17) is 20.0 Å². The van der Waals surface area contributed by atoms with Gasteiger partial charge in [-0.2, -0.15) is 4.98 Å². The van der Waals surface area contributed by atoms with Gasteiger partial charge in [0.1, 0.15) is 6.10 Å². The molecule has 2 aliphatic rings. The Bertz CT molecular complexity index is 462. The molecule has 2 aliphatic carbocycles. The van der Waals surface area contributed by atoms with E-state index in [9.17, 15) is 0 Å².